The lowest BCUT2D eigenvalue weighted by atomic mass is 9.74. The van der Waals surface area contributed by atoms with Crippen LogP contribution in [-0.4, -0.2) is 79.9 Å². The Kier molecular flexibility index (Phi) is 11.3. The van der Waals surface area contributed by atoms with E-state index in [1.165, 1.54) is 83.9 Å². The summed E-state index contributed by atoms with van der Waals surface area (Å²) in [4.78, 5) is 60.7. The van der Waals surface area contributed by atoms with Crippen LogP contribution in [-0.2, 0) is 45.4 Å². The maximum atomic E-state index is 13.8. The molecule has 10 rings (SSSR count). The molecular formula is C52H66N8O4. The third-order valence-electron chi connectivity index (χ3n) is 15.9. The van der Waals surface area contributed by atoms with Crippen molar-refractivity contribution >= 4 is 29.6 Å². The smallest absolute Gasteiger partial charge is 0.407 e. The summed E-state index contributed by atoms with van der Waals surface area (Å²) in [5.41, 5.74) is 22.6. The number of amides is 3. The van der Waals surface area contributed by atoms with Crippen LogP contribution in [0.3, 0.4) is 0 Å². The summed E-state index contributed by atoms with van der Waals surface area (Å²) in [5, 5.41) is 2.76. The van der Waals surface area contributed by atoms with Gasteiger partial charge in [0.1, 0.15) is 17.7 Å². The van der Waals surface area contributed by atoms with Gasteiger partial charge >= 0.3 is 6.09 Å². The summed E-state index contributed by atoms with van der Waals surface area (Å²) >= 11 is 0. The predicted molar refractivity (Wildman–Crippen MR) is 249 cm³/mol. The fourth-order valence-corrected chi connectivity index (χ4v) is 12.5. The van der Waals surface area contributed by atoms with E-state index in [1.54, 1.807) is 11.1 Å². The topological polar surface area (TPSA) is 162 Å². The van der Waals surface area contributed by atoms with Crippen LogP contribution < -0.4 is 11.1 Å². The molecule has 3 amide bonds. The Balaban J connectivity index is 0.956. The summed E-state index contributed by atoms with van der Waals surface area (Å²) in [6.45, 7) is 9.26. The molecule has 4 aromatic rings. The van der Waals surface area contributed by atoms with E-state index in [1.807, 2.05) is 43.7 Å². The first-order chi connectivity index (χ1) is 31.0. The number of fused-ring (bicyclic) bond motifs is 4. The lowest BCUT2D eigenvalue weighted by Gasteiger charge is -2.30. The molecule has 12 nitrogen and oxygen atoms in total. The number of nitrogens with one attached hydrogen (secondary N) is 3. The van der Waals surface area contributed by atoms with Crippen LogP contribution in [0.4, 0.5) is 4.79 Å². The van der Waals surface area contributed by atoms with Crippen molar-refractivity contribution in [3.8, 4) is 22.4 Å². The van der Waals surface area contributed by atoms with E-state index in [0.29, 0.717) is 6.54 Å². The number of ether oxygens (including phenoxy) is 1. The van der Waals surface area contributed by atoms with Crippen molar-refractivity contribution in [1.82, 2.24) is 35.1 Å². The zero-order chi connectivity index (χ0) is 44.4. The molecule has 0 bridgehead atoms. The highest BCUT2D eigenvalue weighted by Gasteiger charge is 2.45. The van der Waals surface area contributed by atoms with Gasteiger partial charge in [0.15, 0.2) is 0 Å². The molecule has 2 saturated heterocycles. The first kappa shape index (κ1) is 42.7. The van der Waals surface area contributed by atoms with Crippen molar-refractivity contribution in [2.45, 2.75) is 154 Å². The molecule has 4 heterocycles. The third kappa shape index (κ3) is 7.28. The van der Waals surface area contributed by atoms with Crippen LogP contribution in [0.5, 0.6) is 0 Å². The Labute approximate surface area is 377 Å². The van der Waals surface area contributed by atoms with Gasteiger partial charge in [-0.1, -0.05) is 64.8 Å². The number of allylic oxidation sites excluding steroid dienone is 1. The molecule has 3 fully saturated rings. The minimum atomic E-state index is -0.670. The number of imidazole rings is 2. The van der Waals surface area contributed by atoms with Crippen LogP contribution in [0.25, 0.3) is 34.0 Å². The Morgan fingerprint density at radius 2 is 1.41 bits per heavy atom. The van der Waals surface area contributed by atoms with Crippen LogP contribution in [0, 0.1) is 11.8 Å². The van der Waals surface area contributed by atoms with Gasteiger partial charge in [-0.15, -0.1) is 0 Å². The summed E-state index contributed by atoms with van der Waals surface area (Å²) in [7, 11) is 1.32. The molecule has 64 heavy (non-hydrogen) atoms. The van der Waals surface area contributed by atoms with Crippen molar-refractivity contribution in [2.24, 2.45) is 17.6 Å². The Morgan fingerprint density at radius 3 is 2.11 bits per heavy atom. The van der Waals surface area contributed by atoms with Gasteiger partial charge in [0.2, 0.25) is 11.8 Å². The Morgan fingerprint density at radius 1 is 0.750 bits per heavy atom. The van der Waals surface area contributed by atoms with E-state index in [0.717, 1.165) is 93.8 Å². The number of nitrogens with zero attached hydrogens (tertiary/aromatic N) is 4. The molecule has 2 aromatic carbocycles. The molecule has 2 aromatic heterocycles. The minimum absolute atomic E-state index is 0.0326. The zero-order valence-electron chi connectivity index (χ0n) is 38.4. The Bertz CT molecular complexity index is 2510. The molecule has 4 unspecified atom stereocenters. The van der Waals surface area contributed by atoms with E-state index in [4.69, 9.17) is 20.4 Å². The number of carbonyl (C=O) groups excluding carboxylic acids is 3. The van der Waals surface area contributed by atoms with Gasteiger partial charge in [-0.3, -0.25) is 9.59 Å². The number of carbonyl (C=O) groups is 3. The minimum Gasteiger partial charge on any atom is -0.453 e. The summed E-state index contributed by atoms with van der Waals surface area (Å²) in [6.07, 6.45) is 19.8. The van der Waals surface area contributed by atoms with E-state index >= 15 is 0 Å². The van der Waals surface area contributed by atoms with E-state index in [2.05, 4.69) is 45.6 Å². The van der Waals surface area contributed by atoms with Crippen molar-refractivity contribution in [3.63, 3.8) is 0 Å². The number of rotatable bonds is 10. The summed E-state index contributed by atoms with van der Waals surface area (Å²) in [6, 6.07) is 8.16. The second-order valence-electron chi connectivity index (χ2n) is 20.3. The number of aryl methyl sites for hydroxylation is 1. The molecule has 1 saturated carbocycles. The molecule has 338 valence electrons. The molecule has 5 N–H and O–H groups in total. The molecule has 4 aliphatic carbocycles. The van der Waals surface area contributed by atoms with Gasteiger partial charge in [0.05, 0.1) is 42.8 Å². The number of H-pyrrole nitrogens is 2. The second kappa shape index (κ2) is 17.0. The van der Waals surface area contributed by atoms with Crippen molar-refractivity contribution in [3.05, 3.63) is 81.3 Å². The van der Waals surface area contributed by atoms with Crippen LogP contribution >= 0.6 is 0 Å². The number of nitrogens with two attached hydrogens (primary N) is 1. The number of aromatic nitrogens is 4. The first-order valence-corrected chi connectivity index (χ1v) is 24.3. The third-order valence-corrected chi connectivity index (χ3v) is 15.9. The maximum Gasteiger partial charge on any atom is 0.407 e. The van der Waals surface area contributed by atoms with Gasteiger partial charge in [-0.05, 0) is 151 Å². The normalized spacial score (nSPS) is 22.0. The van der Waals surface area contributed by atoms with Gasteiger partial charge in [0, 0.05) is 24.3 Å². The lowest BCUT2D eigenvalue weighted by molar-refractivity contribution is -0.136. The van der Waals surface area contributed by atoms with E-state index in [-0.39, 0.29) is 41.1 Å². The molecule has 6 aliphatic rings. The average Bonchev–Trinajstić information content (AvgIpc) is 4.16. The molecule has 4 atom stereocenters. The average molecular weight is 867 g/mol. The van der Waals surface area contributed by atoms with Gasteiger partial charge in [-0.2, -0.15) is 0 Å². The number of benzene rings is 2. The monoisotopic (exact) mass is 867 g/mol. The highest BCUT2D eigenvalue weighted by molar-refractivity contribution is 5.89. The zero-order valence-corrected chi connectivity index (χ0v) is 38.4. The highest BCUT2D eigenvalue weighted by Crippen LogP contribution is 2.56. The molecule has 0 radical (unpaired) electrons. The summed E-state index contributed by atoms with van der Waals surface area (Å²) < 4.78 is 4.84. The van der Waals surface area contributed by atoms with E-state index < -0.39 is 18.2 Å². The molecule has 1 spiro atoms. The molecule has 2 aliphatic heterocycles. The van der Waals surface area contributed by atoms with Gasteiger partial charge in [-0.25, -0.2) is 14.8 Å². The standard InChI is InChI=1S/C52H66N8O4/c1-29(2)45(53)49(61)59-25-10-14-43(59)48-55-39-20-15-31(27-40(39)56-48)32-16-17-36(38-21-24-52(44(32)38)22-6-7-23-52)35-18-19-37(34-12-8-11-33(34)35)41-28-54-47(57-41)42-13-9-26-60(42)50(62)46(30(3)4)58-51(63)64-5/h16-19,27-30,42-43,45-46H,6-15,20-26,53H2,1-5H3,(H,54,57)(H,55,56)(H,58,63). The number of hydrogen-bond acceptors (Lipinski definition) is 7. The quantitative estimate of drug-likeness (QED) is 0.124. The predicted octanol–water partition coefficient (Wildman–Crippen LogP) is 8.89. The number of methoxy groups -OCH3 is 1. The van der Waals surface area contributed by atoms with E-state index in [9.17, 15) is 14.4 Å². The largest absolute Gasteiger partial charge is 0.453 e. The highest BCUT2D eigenvalue weighted by atomic mass is 16.5. The van der Waals surface area contributed by atoms with Crippen molar-refractivity contribution in [1.29, 1.82) is 0 Å². The van der Waals surface area contributed by atoms with Crippen molar-refractivity contribution in [2.75, 3.05) is 20.2 Å². The first-order valence-electron chi connectivity index (χ1n) is 24.3. The maximum absolute atomic E-state index is 13.8. The van der Waals surface area contributed by atoms with Crippen molar-refractivity contribution < 1.29 is 19.1 Å². The number of hydrogen-bond donors (Lipinski definition) is 4. The number of aromatic amines is 2. The summed E-state index contributed by atoms with van der Waals surface area (Å²) in [5.74, 6) is 1.64. The Hall–Kier alpha value is -5.23. The van der Waals surface area contributed by atoms with Crippen LogP contribution in [0.15, 0.2) is 30.5 Å². The second-order valence-corrected chi connectivity index (χ2v) is 20.3. The lowest BCUT2D eigenvalue weighted by Crippen LogP contribution is -2.51. The number of alkyl carbamates (subject to hydrolysis) is 1. The molecule has 12 heteroatoms. The fraction of sp³-hybridized carbons (Fsp3) is 0.558. The number of likely N-dealkylation sites (tertiary alicyclic amines) is 2. The fourth-order valence-electron chi connectivity index (χ4n) is 12.5. The molecular weight excluding hydrogens is 801 g/mol. The van der Waals surface area contributed by atoms with Crippen LogP contribution in [0.2, 0.25) is 0 Å². The van der Waals surface area contributed by atoms with Gasteiger partial charge in [0.25, 0.3) is 0 Å². The SMILES string of the molecule is COC(=O)NC(C(=O)N1CCCC1c1ncc(-c2ccc(-c3ccc(C4=Cc5nc(C6CCCN6C(=O)C(N)C(C)C)[nH]c5CC4)c4c3CCC43CCCC3)c3c2CCC3)[nH]1)C(C)C. The van der Waals surface area contributed by atoms with Gasteiger partial charge < -0.3 is 35.6 Å². The van der Waals surface area contributed by atoms with Crippen LogP contribution in [0.1, 0.15) is 161 Å².